The first-order valence-electron chi connectivity index (χ1n) is 8.77. The van der Waals surface area contributed by atoms with Crippen LogP contribution in [0.25, 0.3) is 0 Å². The van der Waals surface area contributed by atoms with Crippen LogP contribution < -0.4 is 0 Å². The predicted molar refractivity (Wildman–Crippen MR) is 78.4 cm³/mol. The quantitative estimate of drug-likeness (QED) is 0.349. The van der Waals surface area contributed by atoms with Crippen molar-refractivity contribution < 1.29 is 82.2 Å². The first-order chi connectivity index (χ1) is 14.5. The topological polar surface area (TPSA) is 90.2 Å². The van der Waals surface area contributed by atoms with E-state index in [4.69, 9.17) is 9.84 Å². The van der Waals surface area contributed by atoms with Gasteiger partial charge in [-0.15, -0.1) is 0 Å². The molecule has 4 N–H and O–H groups in total. The number of rotatable bonds is 9. The zero-order valence-electron chi connectivity index (χ0n) is 15.8. The van der Waals surface area contributed by atoms with E-state index < -0.39 is 92.2 Å². The number of aliphatic hydroxyl groups is 4. The number of hydrogen-bond donors (Lipinski definition) is 4. The Kier molecular flexibility index (Phi) is 8.31. The molecular formula is C15H17F13O5. The van der Waals surface area contributed by atoms with Gasteiger partial charge in [0.25, 0.3) is 0 Å². The molecule has 0 aromatic heterocycles. The molecule has 0 unspecified atom stereocenters. The lowest BCUT2D eigenvalue weighted by molar-refractivity contribution is -0.440. The second-order valence-electron chi connectivity index (χ2n) is 7.26. The van der Waals surface area contributed by atoms with Gasteiger partial charge < -0.3 is 25.2 Å². The fourth-order valence-corrected chi connectivity index (χ4v) is 2.90. The SMILES string of the molecule is OC[C@H]1O[C@@H](CCCC(F)(F)C(F)(F)C(F)(F)C(F)(F)C(F)(F)C(F)(F)F)[C@H](O)[C@@H](O)[C@@H]1O. The maximum Gasteiger partial charge on any atom is 0.460 e. The molecule has 1 fully saturated rings. The van der Waals surface area contributed by atoms with Crippen molar-refractivity contribution in [1.82, 2.24) is 0 Å². The molecule has 33 heavy (non-hydrogen) atoms. The average molecular weight is 524 g/mol. The Labute approximate surface area is 175 Å². The first kappa shape index (κ1) is 29.9. The number of aliphatic hydroxyl groups excluding tert-OH is 4. The fourth-order valence-electron chi connectivity index (χ4n) is 2.90. The Bertz CT molecular complexity index is 667. The summed E-state index contributed by atoms with van der Waals surface area (Å²) in [5.41, 5.74) is 0. The van der Waals surface area contributed by atoms with Gasteiger partial charge in [0.2, 0.25) is 0 Å². The fraction of sp³-hybridized carbons (Fsp3) is 1.00. The molecule has 0 saturated carbocycles. The van der Waals surface area contributed by atoms with Crippen molar-refractivity contribution in [1.29, 1.82) is 0 Å². The minimum absolute atomic E-state index is 0.996. The molecule has 0 radical (unpaired) electrons. The zero-order chi connectivity index (χ0) is 26.4. The molecule has 18 heteroatoms. The van der Waals surface area contributed by atoms with Crippen LogP contribution in [0.15, 0.2) is 0 Å². The van der Waals surface area contributed by atoms with Gasteiger partial charge in [-0.1, -0.05) is 0 Å². The van der Waals surface area contributed by atoms with E-state index in [0.29, 0.717) is 0 Å². The summed E-state index contributed by atoms with van der Waals surface area (Å²) in [6, 6.07) is 0. The Balaban J connectivity index is 3.05. The van der Waals surface area contributed by atoms with Crippen LogP contribution >= 0.6 is 0 Å². The second kappa shape index (κ2) is 9.16. The lowest BCUT2D eigenvalue weighted by atomic mass is 9.89. The third kappa shape index (κ3) is 4.85. The normalized spacial score (nSPS) is 28.8. The lowest BCUT2D eigenvalue weighted by Crippen LogP contribution is -2.70. The molecule has 1 aliphatic rings. The van der Waals surface area contributed by atoms with E-state index in [9.17, 15) is 72.4 Å². The van der Waals surface area contributed by atoms with Gasteiger partial charge in [-0.05, 0) is 12.8 Å². The number of halogens is 13. The molecular weight excluding hydrogens is 507 g/mol. The van der Waals surface area contributed by atoms with Crippen molar-refractivity contribution in [3.8, 4) is 0 Å². The van der Waals surface area contributed by atoms with Gasteiger partial charge in [0.15, 0.2) is 0 Å². The van der Waals surface area contributed by atoms with Gasteiger partial charge >= 0.3 is 35.8 Å². The minimum atomic E-state index is -7.98. The van der Waals surface area contributed by atoms with Gasteiger partial charge in [-0.25, -0.2) is 0 Å². The van der Waals surface area contributed by atoms with E-state index in [0.717, 1.165) is 0 Å². The molecule has 0 aromatic rings. The summed E-state index contributed by atoms with van der Waals surface area (Å²) in [5, 5.41) is 37.6. The molecule has 1 saturated heterocycles. The van der Waals surface area contributed by atoms with Gasteiger partial charge in [-0.3, -0.25) is 0 Å². The van der Waals surface area contributed by atoms with Crippen molar-refractivity contribution in [3.05, 3.63) is 0 Å². The molecule has 1 rings (SSSR count). The van der Waals surface area contributed by atoms with Gasteiger partial charge in [-0.2, -0.15) is 57.1 Å². The number of ether oxygens (including phenoxy) is 1. The highest BCUT2D eigenvalue weighted by molar-refractivity contribution is 5.10. The van der Waals surface area contributed by atoms with Crippen LogP contribution in [0.4, 0.5) is 57.1 Å². The summed E-state index contributed by atoms with van der Waals surface area (Å²) in [7, 11) is 0. The smallest absolute Gasteiger partial charge is 0.394 e. The molecule has 0 amide bonds. The van der Waals surface area contributed by atoms with Crippen molar-refractivity contribution in [2.75, 3.05) is 6.61 Å². The van der Waals surface area contributed by atoms with Gasteiger partial charge in [0.05, 0.1) is 12.7 Å². The van der Waals surface area contributed by atoms with E-state index in [2.05, 4.69) is 0 Å². The molecule has 1 aliphatic heterocycles. The van der Waals surface area contributed by atoms with E-state index in [1.807, 2.05) is 0 Å². The van der Waals surface area contributed by atoms with Crippen LogP contribution in [-0.2, 0) is 4.74 Å². The maximum absolute atomic E-state index is 13.7. The largest absolute Gasteiger partial charge is 0.460 e. The molecule has 0 spiro atoms. The van der Waals surface area contributed by atoms with Crippen LogP contribution in [0, 0.1) is 0 Å². The monoisotopic (exact) mass is 524 g/mol. The van der Waals surface area contributed by atoms with Crippen molar-refractivity contribution >= 4 is 0 Å². The molecule has 5 nitrogen and oxygen atoms in total. The number of hydrogen-bond acceptors (Lipinski definition) is 5. The highest BCUT2D eigenvalue weighted by Gasteiger charge is 2.90. The maximum atomic E-state index is 13.7. The summed E-state index contributed by atoms with van der Waals surface area (Å²) in [6.07, 6.45) is -21.8. The summed E-state index contributed by atoms with van der Waals surface area (Å²) >= 11 is 0. The molecule has 0 bridgehead atoms. The van der Waals surface area contributed by atoms with Crippen molar-refractivity contribution in [2.45, 2.75) is 85.6 Å². The zero-order valence-corrected chi connectivity index (χ0v) is 15.8. The van der Waals surface area contributed by atoms with Crippen LogP contribution in [0.1, 0.15) is 19.3 Å². The molecule has 198 valence electrons. The minimum Gasteiger partial charge on any atom is -0.394 e. The highest BCUT2D eigenvalue weighted by Crippen LogP contribution is 2.60. The van der Waals surface area contributed by atoms with E-state index in [-0.39, 0.29) is 0 Å². The Morgan fingerprint density at radius 2 is 1.00 bits per heavy atom. The number of alkyl halides is 13. The standard InChI is InChI=1S/C15H17F13O5/c16-10(17,3-1-2-5-7(30)9(32)8(31)6(4-29)33-5)11(18,19)12(20,21)13(22,23)14(24,25)15(26,27)28/h5-9,29-32H,1-4H2/t5-,6+,7-,8+,9+/m0/s1. The second-order valence-corrected chi connectivity index (χ2v) is 7.26. The third-order valence-electron chi connectivity index (χ3n) is 4.97. The average Bonchev–Trinajstić information content (AvgIpc) is 2.66. The third-order valence-corrected chi connectivity index (χ3v) is 4.97. The van der Waals surface area contributed by atoms with Gasteiger partial charge in [0, 0.05) is 6.42 Å². The molecule has 5 atom stereocenters. The Morgan fingerprint density at radius 1 is 0.576 bits per heavy atom. The molecule has 0 aliphatic carbocycles. The van der Waals surface area contributed by atoms with E-state index in [1.165, 1.54) is 0 Å². The summed E-state index contributed by atoms with van der Waals surface area (Å²) < 4.78 is 174. The van der Waals surface area contributed by atoms with E-state index >= 15 is 0 Å². The van der Waals surface area contributed by atoms with Crippen LogP contribution in [0.5, 0.6) is 0 Å². The van der Waals surface area contributed by atoms with Crippen LogP contribution in [-0.4, -0.2) is 93.3 Å². The highest BCUT2D eigenvalue weighted by atomic mass is 19.4. The Hall–Kier alpha value is -1.11. The summed E-state index contributed by atoms with van der Waals surface area (Å²) in [5.74, 6) is -37.4. The predicted octanol–water partition coefficient (Wildman–Crippen LogP) is 2.74. The van der Waals surface area contributed by atoms with Crippen molar-refractivity contribution in [2.24, 2.45) is 0 Å². The lowest BCUT2D eigenvalue weighted by Gasteiger charge is -2.41. The van der Waals surface area contributed by atoms with Crippen molar-refractivity contribution in [3.63, 3.8) is 0 Å². The summed E-state index contributed by atoms with van der Waals surface area (Å²) in [4.78, 5) is 0. The van der Waals surface area contributed by atoms with Crippen LogP contribution in [0.2, 0.25) is 0 Å². The molecule has 0 aromatic carbocycles. The summed E-state index contributed by atoms with van der Waals surface area (Å²) in [6.45, 7) is -0.996. The first-order valence-corrected chi connectivity index (χ1v) is 8.77. The van der Waals surface area contributed by atoms with Gasteiger partial charge in [0.1, 0.15) is 24.4 Å². The Morgan fingerprint density at radius 3 is 1.42 bits per heavy atom. The van der Waals surface area contributed by atoms with Crippen LogP contribution in [0.3, 0.4) is 0 Å². The van der Waals surface area contributed by atoms with E-state index in [1.54, 1.807) is 0 Å². The molecule has 1 heterocycles.